The molecule has 3 heterocycles. The lowest BCUT2D eigenvalue weighted by Crippen LogP contribution is -1.96. The molecule has 0 atom stereocenters. The molecular formula is C12H8BrFN4O. The van der Waals surface area contributed by atoms with Crippen LogP contribution in [0.25, 0.3) is 5.78 Å². The van der Waals surface area contributed by atoms with Crippen LogP contribution in [0.4, 0.5) is 4.39 Å². The monoisotopic (exact) mass is 322 g/mol. The molecule has 3 rings (SSSR count). The Labute approximate surface area is 116 Å². The van der Waals surface area contributed by atoms with Crippen molar-refractivity contribution in [1.82, 2.24) is 19.4 Å². The van der Waals surface area contributed by atoms with Crippen LogP contribution in [0.2, 0.25) is 0 Å². The molecule has 19 heavy (non-hydrogen) atoms. The summed E-state index contributed by atoms with van der Waals surface area (Å²) in [6.45, 7) is 0.241. The molecule has 0 saturated carbocycles. The van der Waals surface area contributed by atoms with Gasteiger partial charge in [0, 0.05) is 30.9 Å². The van der Waals surface area contributed by atoms with Gasteiger partial charge in [0.2, 0.25) is 11.7 Å². The minimum atomic E-state index is -0.571. The first kappa shape index (κ1) is 12.0. The molecule has 0 aliphatic carbocycles. The lowest BCUT2D eigenvalue weighted by atomic mass is 10.4. The molecule has 3 aromatic heterocycles. The third kappa shape index (κ3) is 2.70. The number of pyridine rings is 1. The Kier molecular flexibility index (Phi) is 3.12. The summed E-state index contributed by atoms with van der Waals surface area (Å²) < 4.78 is 21.0. The van der Waals surface area contributed by atoms with Crippen LogP contribution in [0.3, 0.4) is 0 Å². The van der Waals surface area contributed by atoms with Crippen molar-refractivity contribution in [3.05, 3.63) is 53.0 Å². The molecule has 0 unspecified atom stereocenters. The van der Waals surface area contributed by atoms with Gasteiger partial charge in [-0.1, -0.05) is 0 Å². The summed E-state index contributed by atoms with van der Waals surface area (Å²) in [6, 6.07) is 2.82. The molecule has 0 fully saturated rings. The molecule has 3 aromatic rings. The summed E-state index contributed by atoms with van der Waals surface area (Å²) in [7, 11) is 0. The summed E-state index contributed by atoms with van der Waals surface area (Å²) in [5, 5.41) is 0. The van der Waals surface area contributed by atoms with E-state index in [2.05, 4.69) is 30.9 Å². The minimum Gasteiger partial charge on any atom is -0.487 e. The highest BCUT2D eigenvalue weighted by Crippen LogP contribution is 2.14. The van der Waals surface area contributed by atoms with Crippen LogP contribution >= 0.6 is 15.9 Å². The van der Waals surface area contributed by atoms with Gasteiger partial charge in [0.1, 0.15) is 12.4 Å². The topological polar surface area (TPSA) is 52.3 Å². The van der Waals surface area contributed by atoms with Crippen LogP contribution in [-0.4, -0.2) is 19.4 Å². The maximum atomic E-state index is 12.9. The van der Waals surface area contributed by atoms with Gasteiger partial charge in [0.25, 0.3) is 0 Å². The Bertz CT molecular complexity index is 731. The van der Waals surface area contributed by atoms with E-state index in [4.69, 9.17) is 4.74 Å². The molecule has 0 aromatic carbocycles. The number of hydrogen-bond acceptors (Lipinski definition) is 4. The predicted octanol–water partition coefficient (Wildman–Crippen LogP) is 2.60. The van der Waals surface area contributed by atoms with E-state index in [1.54, 1.807) is 16.7 Å². The SMILES string of the molecule is Fc1cc(OCc2cn3cc(Br)cnc3n2)ccn1. The normalized spacial score (nSPS) is 10.8. The van der Waals surface area contributed by atoms with Crippen molar-refractivity contribution in [2.45, 2.75) is 6.61 Å². The minimum absolute atomic E-state index is 0.241. The second-order valence-corrected chi connectivity index (χ2v) is 4.73. The molecule has 0 saturated heterocycles. The molecule has 5 nitrogen and oxygen atoms in total. The first-order valence-electron chi connectivity index (χ1n) is 5.44. The van der Waals surface area contributed by atoms with Gasteiger partial charge in [-0.3, -0.25) is 4.40 Å². The Morgan fingerprint density at radius 3 is 3.05 bits per heavy atom. The number of ether oxygens (including phenoxy) is 1. The Hall–Kier alpha value is -2.02. The number of aromatic nitrogens is 4. The smallest absolute Gasteiger partial charge is 0.234 e. The standard InChI is InChI=1S/C12H8BrFN4O/c13-8-4-16-12-17-9(6-18(12)5-8)7-19-10-1-2-15-11(14)3-10/h1-6H,7H2. The lowest BCUT2D eigenvalue weighted by Gasteiger charge is -2.02. The van der Waals surface area contributed by atoms with Crippen molar-refractivity contribution in [2.75, 3.05) is 0 Å². The van der Waals surface area contributed by atoms with Gasteiger partial charge in [-0.05, 0) is 22.0 Å². The average Bonchev–Trinajstić information content (AvgIpc) is 2.78. The predicted molar refractivity (Wildman–Crippen MR) is 69.2 cm³/mol. The zero-order valence-corrected chi connectivity index (χ0v) is 11.2. The molecule has 96 valence electrons. The van der Waals surface area contributed by atoms with Crippen molar-refractivity contribution in [2.24, 2.45) is 0 Å². The van der Waals surface area contributed by atoms with Gasteiger partial charge < -0.3 is 4.74 Å². The summed E-state index contributed by atoms with van der Waals surface area (Å²) in [4.78, 5) is 11.9. The summed E-state index contributed by atoms with van der Waals surface area (Å²) in [5.41, 5.74) is 0.711. The van der Waals surface area contributed by atoms with Crippen LogP contribution in [0.5, 0.6) is 5.75 Å². The van der Waals surface area contributed by atoms with E-state index < -0.39 is 5.95 Å². The highest BCUT2D eigenvalue weighted by molar-refractivity contribution is 9.10. The molecule has 0 aliphatic heterocycles. The number of nitrogens with zero attached hydrogens (tertiary/aromatic N) is 4. The zero-order valence-electron chi connectivity index (χ0n) is 9.62. The molecule has 7 heteroatoms. The van der Waals surface area contributed by atoms with E-state index in [0.717, 1.165) is 4.47 Å². The van der Waals surface area contributed by atoms with Gasteiger partial charge in [0.15, 0.2) is 0 Å². The van der Waals surface area contributed by atoms with Gasteiger partial charge in [-0.25, -0.2) is 15.0 Å². The number of fused-ring (bicyclic) bond motifs is 1. The van der Waals surface area contributed by atoms with Crippen molar-refractivity contribution >= 4 is 21.7 Å². The number of rotatable bonds is 3. The second-order valence-electron chi connectivity index (χ2n) is 3.81. The van der Waals surface area contributed by atoms with Crippen molar-refractivity contribution in [3.8, 4) is 5.75 Å². The molecule has 0 aliphatic rings. The number of hydrogen-bond donors (Lipinski definition) is 0. The Morgan fingerprint density at radius 1 is 1.32 bits per heavy atom. The highest BCUT2D eigenvalue weighted by Gasteiger charge is 2.04. The molecule has 0 N–H and O–H groups in total. The van der Waals surface area contributed by atoms with Crippen molar-refractivity contribution in [1.29, 1.82) is 0 Å². The molecular weight excluding hydrogens is 315 g/mol. The first-order valence-corrected chi connectivity index (χ1v) is 6.23. The number of imidazole rings is 1. The zero-order chi connectivity index (χ0) is 13.2. The third-order valence-electron chi connectivity index (χ3n) is 2.41. The fourth-order valence-corrected chi connectivity index (χ4v) is 1.93. The fourth-order valence-electron chi connectivity index (χ4n) is 1.61. The summed E-state index contributed by atoms with van der Waals surface area (Å²) >= 11 is 3.33. The fraction of sp³-hybridized carbons (Fsp3) is 0.0833. The van der Waals surface area contributed by atoms with E-state index in [1.807, 2.05) is 12.4 Å². The van der Waals surface area contributed by atoms with Crippen LogP contribution < -0.4 is 4.74 Å². The maximum Gasteiger partial charge on any atom is 0.234 e. The maximum absolute atomic E-state index is 12.9. The highest BCUT2D eigenvalue weighted by atomic mass is 79.9. The molecule has 0 spiro atoms. The average molecular weight is 323 g/mol. The summed E-state index contributed by atoms with van der Waals surface area (Å²) in [6.07, 6.45) is 6.69. The molecule has 0 amide bonds. The van der Waals surface area contributed by atoms with Gasteiger partial charge >= 0.3 is 0 Å². The largest absolute Gasteiger partial charge is 0.487 e. The van der Waals surface area contributed by atoms with Gasteiger partial charge in [-0.15, -0.1) is 0 Å². The van der Waals surface area contributed by atoms with Crippen LogP contribution in [0.15, 0.2) is 41.4 Å². The Balaban J connectivity index is 1.78. The quantitative estimate of drug-likeness (QED) is 0.695. The van der Waals surface area contributed by atoms with Crippen LogP contribution in [0.1, 0.15) is 5.69 Å². The van der Waals surface area contributed by atoms with E-state index >= 15 is 0 Å². The van der Waals surface area contributed by atoms with E-state index in [1.165, 1.54) is 12.3 Å². The number of halogens is 2. The van der Waals surface area contributed by atoms with E-state index in [9.17, 15) is 4.39 Å². The van der Waals surface area contributed by atoms with Gasteiger partial charge in [-0.2, -0.15) is 4.39 Å². The van der Waals surface area contributed by atoms with Gasteiger partial charge in [0.05, 0.1) is 10.2 Å². The van der Waals surface area contributed by atoms with E-state index in [-0.39, 0.29) is 6.61 Å². The first-order chi connectivity index (χ1) is 9.20. The Morgan fingerprint density at radius 2 is 2.21 bits per heavy atom. The third-order valence-corrected chi connectivity index (χ3v) is 2.82. The van der Waals surface area contributed by atoms with Crippen LogP contribution in [0, 0.1) is 5.95 Å². The van der Waals surface area contributed by atoms with Crippen molar-refractivity contribution < 1.29 is 9.13 Å². The molecule has 0 bridgehead atoms. The lowest BCUT2D eigenvalue weighted by molar-refractivity contribution is 0.299. The van der Waals surface area contributed by atoms with E-state index in [0.29, 0.717) is 17.2 Å². The second kappa shape index (κ2) is 4.93. The van der Waals surface area contributed by atoms with Crippen LogP contribution in [-0.2, 0) is 6.61 Å². The summed E-state index contributed by atoms with van der Waals surface area (Å²) in [5.74, 6) is 0.430. The molecule has 0 radical (unpaired) electrons. The van der Waals surface area contributed by atoms with Crippen molar-refractivity contribution in [3.63, 3.8) is 0 Å².